The number of benzene rings is 1. The van der Waals surface area contributed by atoms with E-state index in [0.717, 1.165) is 39.3 Å². The molecular formula is C15H21FN3O3+. The topological polar surface area (TPSA) is 71.9 Å². The summed E-state index contributed by atoms with van der Waals surface area (Å²) in [5.74, 6) is -1.82. The molecule has 0 aromatic heterocycles. The van der Waals surface area contributed by atoms with Gasteiger partial charge in [-0.25, -0.2) is 4.39 Å². The Morgan fingerprint density at radius 1 is 1.14 bits per heavy atom. The Bertz CT molecular complexity index is 501. The molecule has 0 bridgehead atoms. The van der Waals surface area contributed by atoms with E-state index in [1.165, 1.54) is 29.2 Å². The third-order valence-electron chi connectivity index (χ3n) is 3.50. The van der Waals surface area contributed by atoms with Crippen LogP contribution in [0.4, 0.5) is 10.1 Å². The molecule has 1 heterocycles. The van der Waals surface area contributed by atoms with E-state index in [-0.39, 0.29) is 0 Å². The fourth-order valence-corrected chi connectivity index (χ4v) is 2.25. The van der Waals surface area contributed by atoms with Gasteiger partial charge in [-0.2, -0.15) is 0 Å². The third-order valence-corrected chi connectivity index (χ3v) is 3.50. The van der Waals surface area contributed by atoms with Crippen LogP contribution in [0.3, 0.4) is 0 Å². The molecule has 2 amide bonds. The predicted octanol–water partition coefficient (Wildman–Crippen LogP) is -0.814. The summed E-state index contributed by atoms with van der Waals surface area (Å²) >= 11 is 0. The lowest BCUT2D eigenvalue weighted by molar-refractivity contribution is -0.908. The molecule has 7 heteroatoms. The second-order valence-electron chi connectivity index (χ2n) is 5.18. The van der Waals surface area contributed by atoms with Crippen LogP contribution in [-0.4, -0.2) is 51.2 Å². The van der Waals surface area contributed by atoms with E-state index in [1.807, 2.05) is 0 Å². The first-order valence-corrected chi connectivity index (χ1v) is 7.41. The van der Waals surface area contributed by atoms with Gasteiger partial charge in [0.05, 0.1) is 19.8 Å². The zero-order valence-corrected chi connectivity index (χ0v) is 12.4. The SMILES string of the molecule is O=C(NCCC[NH+]1CCOCC1)C(=O)Nc1ccc(F)cc1. The lowest BCUT2D eigenvalue weighted by Gasteiger charge is -2.23. The second-order valence-corrected chi connectivity index (χ2v) is 5.18. The second kappa shape index (κ2) is 8.45. The monoisotopic (exact) mass is 310 g/mol. The molecule has 0 atom stereocenters. The van der Waals surface area contributed by atoms with Gasteiger partial charge in [0.15, 0.2) is 0 Å². The molecule has 22 heavy (non-hydrogen) atoms. The number of hydrogen-bond acceptors (Lipinski definition) is 3. The maximum atomic E-state index is 12.7. The minimum absolute atomic E-state index is 0.388. The van der Waals surface area contributed by atoms with Crippen molar-refractivity contribution in [1.82, 2.24) is 5.32 Å². The summed E-state index contributed by atoms with van der Waals surface area (Å²) in [7, 11) is 0. The molecule has 1 aliphatic heterocycles. The highest BCUT2D eigenvalue weighted by atomic mass is 19.1. The van der Waals surface area contributed by atoms with Crippen molar-refractivity contribution >= 4 is 17.5 Å². The molecule has 3 N–H and O–H groups in total. The van der Waals surface area contributed by atoms with Crippen LogP contribution in [0.25, 0.3) is 0 Å². The van der Waals surface area contributed by atoms with Crippen molar-refractivity contribution in [3.05, 3.63) is 30.1 Å². The van der Waals surface area contributed by atoms with Crippen LogP contribution < -0.4 is 15.5 Å². The fraction of sp³-hybridized carbons (Fsp3) is 0.467. The number of morpholine rings is 1. The summed E-state index contributed by atoms with van der Waals surface area (Å²) < 4.78 is 18.0. The Morgan fingerprint density at radius 3 is 2.50 bits per heavy atom. The first-order valence-electron chi connectivity index (χ1n) is 7.41. The van der Waals surface area contributed by atoms with Crippen molar-refractivity contribution in [1.29, 1.82) is 0 Å². The standard InChI is InChI=1S/C15H20FN3O3/c16-12-2-4-13(5-3-12)18-15(21)14(20)17-6-1-7-19-8-10-22-11-9-19/h2-5H,1,6-11H2,(H,17,20)(H,18,21)/p+1. The van der Waals surface area contributed by atoms with E-state index in [2.05, 4.69) is 10.6 Å². The van der Waals surface area contributed by atoms with Gasteiger partial charge < -0.3 is 20.3 Å². The quantitative estimate of drug-likeness (QED) is 0.492. The lowest BCUT2D eigenvalue weighted by atomic mass is 10.3. The predicted molar refractivity (Wildman–Crippen MR) is 79.0 cm³/mol. The van der Waals surface area contributed by atoms with Crippen LogP contribution in [0.15, 0.2) is 24.3 Å². The zero-order chi connectivity index (χ0) is 15.8. The summed E-state index contributed by atoms with van der Waals surface area (Å²) in [5, 5.41) is 5.00. The van der Waals surface area contributed by atoms with Gasteiger partial charge in [-0.3, -0.25) is 9.59 Å². The maximum absolute atomic E-state index is 12.7. The van der Waals surface area contributed by atoms with Gasteiger partial charge in [0.25, 0.3) is 0 Å². The number of carbonyl (C=O) groups excluding carboxylic acids is 2. The highest BCUT2D eigenvalue weighted by Gasteiger charge is 2.15. The number of halogens is 1. The van der Waals surface area contributed by atoms with Crippen LogP contribution in [0.1, 0.15) is 6.42 Å². The Hall–Kier alpha value is -1.99. The highest BCUT2D eigenvalue weighted by molar-refractivity contribution is 6.39. The normalized spacial score (nSPS) is 15.3. The number of ether oxygens (including phenoxy) is 1. The zero-order valence-electron chi connectivity index (χ0n) is 12.4. The number of quaternary nitrogens is 1. The van der Waals surface area contributed by atoms with Crippen molar-refractivity contribution < 1.29 is 23.6 Å². The molecule has 6 nitrogen and oxygen atoms in total. The first-order chi connectivity index (χ1) is 10.6. The third kappa shape index (κ3) is 5.42. The maximum Gasteiger partial charge on any atom is 0.313 e. The Balaban J connectivity index is 1.63. The Morgan fingerprint density at radius 2 is 1.82 bits per heavy atom. The number of amides is 2. The number of nitrogens with one attached hydrogen (secondary N) is 3. The van der Waals surface area contributed by atoms with Gasteiger partial charge in [-0.05, 0) is 24.3 Å². The average molecular weight is 310 g/mol. The largest absolute Gasteiger partial charge is 0.370 e. The van der Waals surface area contributed by atoms with E-state index >= 15 is 0 Å². The number of rotatable bonds is 5. The van der Waals surface area contributed by atoms with Gasteiger partial charge >= 0.3 is 11.8 Å². The van der Waals surface area contributed by atoms with E-state index < -0.39 is 17.6 Å². The van der Waals surface area contributed by atoms with E-state index in [1.54, 1.807) is 0 Å². The summed E-state index contributed by atoms with van der Waals surface area (Å²) in [6, 6.07) is 5.25. The summed E-state index contributed by atoms with van der Waals surface area (Å²) in [5.41, 5.74) is 0.388. The van der Waals surface area contributed by atoms with Crippen LogP contribution in [-0.2, 0) is 14.3 Å². The van der Waals surface area contributed by atoms with Crippen molar-refractivity contribution in [3.8, 4) is 0 Å². The lowest BCUT2D eigenvalue weighted by Crippen LogP contribution is -3.14. The van der Waals surface area contributed by atoms with E-state index in [0.29, 0.717) is 12.2 Å². The van der Waals surface area contributed by atoms with Gasteiger partial charge in [0.2, 0.25) is 0 Å². The van der Waals surface area contributed by atoms with Crippen LogP contribution >= 0.6 is 0 Å². The molecule has 120 valence electrons. The van der Waals surface area contributed by atoms with Gasteiger partial charge in [-0.1, -0.05) is 0 Å². The minimum atomic E-state index is -0.745. The average Bonchev–Trinajstić information content (AvgIpc) is 2.54. The first kappa shape index (κ1) is 16.4. The molecule has 0 radical (unpaired) electrons. The molecule has 2 rings (SSSR count). The molecule has 1 aliphatic rings. The molecule has 0 aliphatic carbocycles. The molecule has 0 spiro atoms. The van der Waals surface area contributed by atoms with E-state index in [4.69, 9.17) is 4.74 Å². The highest BCUT2D eigenvalue weighted by Crippen LogP contribution is 2.07. The smallest absolute Gasteiger partial charge is 0.313 e. The van der Waals surface area contributed by atoms with Gasteiger partial charge in [0, 0.05) is 18.7 Å². The van der Waals surface area contributed by atoms with Gasteiger partial charge in [0.1, 0.15) is 18.9 Å². The molecule has 0 unspecified atom stereocenters. The van der Waals surface area contributed by atoms with Crippen molar-refractivity contribution in [2.24, 2.45) is 0 Å². The molecule has 1 aromatic carbocycles. The Kier molecular flexibility index (Phi) is 6.29. The summed E-state index contributed by atoms with van der Waals surface area (Å²) in [4.78, 5) is 24.8. The minimum Gasteiger partial charge on any atom is -0.370 e. The van der Waals surface area contributed by atoms with E-state index in [9.17, 15) is 14.0 Å². The number of carbonyl (C=O) groups is 2. The summed E-state index contributed by atoms with van der Waals surface area (Å²) in [6.07, 6.45) is 0.810. The molecule has 0 saturated carbocycles. The molecule has 1 aromatic rings. The van der Waals surface area contributed by atoms with Crippen molar-refractivity contribution in [2.45, 2.75) is 6.42 Å². The Labute approximate surface area is 128 Å². The molecular weight excluding hydrogens is 289 g/mol. The fourth-order valence-electron chi connectivity index (χ4n) is 2.25. The van der Waals surface area contributed by atoms with Crippen molar-refractivity contribution in [3.63, 3.8) is 0 Å². The van der Waals surface area contributed by atoms with Crippen LogP contribution in [0.2, 0.25) is 0 Å². The van der Waals surface area contributed by atoms with Crippen LogP contribution in [0, 0.1) is 5.82 Å². The number of anilines is 1. The summed E-state index contributed by atoms with van der Waals surface area (Å²) in [6.45, 7) is 4.94. The van der Waals surface area contributed by atoms with Crippen LogP contribution in [0.5, 0.6) is 0 Å². The van der Waals surface area contributed by atoms with Gasteiger partial charge in [-0.15, -0.1) is 0 Å². The molecule has 1 saturated heterocycles. The molecule has 1 fully saturated rings. The number of hydrogen-bond donors (Lipinski definition) is 3. The van der Waals surface area contributed by atoms with Crippen molar-refractivity contribution in [2.75, 3.05) is 44.7 Å².